The number of nitrogens with one attached hydrogen (secondary N) is 1. The molecule has 2 aliphatic rings. The Morgan fingerprint density at radius 1 is 0.853 bits per heavy atom. The highest BCUT2D eigenvalue weighted by atomic mass is 35.5. The number of amides is 2. The van der Waals surface area contributed by atoms with Crippen LogP contribution in [0.4, 0.5) is 25.0 Å². The lowest BCUT2D eigenvalue weighted by atomic mass is 9.96. The largest absolute Gasteiger partial charge is 0.341 e. The second-order valence-electron chi connectivity index (χ2n) is 9.07. The molecule has 34 heavy (non-hydrogen) atoms. The van der Waals surface area contributed by atoms with E-state index in [0.29, 0.717) is 6.04 Å². The minimum Gasteiger partial charge on any atom is -0.341 e. The van der Waals surface area contributed by atoms with Gasteiger partial charge in [-0.15, -0.1) is 12.4 Å². The van der Waals surface area contributed by atoms with E-state index in [0.717, 1.165) is 69.9 Å². The number of urea groups is 1. The van der Waals surface area contributed by atoms with E-state index < -0.39 is 0 Å². The van der Waals surface area contributed by atoms with Crippen LogP contribution in [-0.4, -0.2) is 61.1 Å². The predicted octanol–water partition coefficient (Wildman–Crippen LogP) is 5.57. The standard InChI is InChI=1S/C26H34F2N4O.ClH/c27-21-7-11-24(12-8-21)32(25-13-9-22(28)10-14-25)16-4-15-30-17-19-31(20-18-30)26(33)29-23-5-2-1-3-6-23;/h7-14,23H,1-6,15-20H2,(H,29,33);1H. The van der Waals surface area contributed by atoms with Crippen molar-refractivity contribution in [2.24, 2.45) is 0 Å². The van der Waals surface area contributed by atoms with Gasteiger partial charge in [-0.1, -0.05) is 19.3 Å². The lowest BCUT2D eigenvalue weighted by molar-refractivity contribution is 0.135. The van der Waals surface area contributed by atoms with Crippen LogP contribution in [0.1, 0.15) is 38.5 Å². The number of hydrogen-bond acceptors (Lipinski definition) is 3. The molecule has 1 saturated heterocycles. The third-order valence-corrected chi connectivity index (χ3v) is 6.72. The summed E-state index contributed by atoms with van der Waals surface area (Å²) in [6.45, 7) is 4.88. The molecular weight excluding hydrogens is 458 g/mol. The molecule has 1 heterocycles. The highest BCUT2D eigenvalue weighted by Gasteiger charge is 2.23. The van der Waals surface area contributed by atoms with Gasteiger partial charge in [-0.05, 0) is 74.3 Å². The quantitative estimate of drug-likeness (QED) is 0.548. The Labute approximate surface area is 207 Å². The Bertz CT molecular complexity index is 837. The van der Waals surface area contributed by atoms with Crippen molar-refractivity contribution in [1.29, 1.82) is 0 Å². The number of anilines is 2. The highest BCUT2D eigenvalue weighted by molar-refractivity contribution is 5.85. The van der Waals surface area contributed by atoms with E-state index in [1.54, 1.807) is 24.3 Å². The molecule has 0 radical (unpaired) electrons. The van der Waals surface area contributed by atoms with E-state index in [-0.39, 0.29) is 30.1 Å². The first kappa shape index (κ1) is 26.2. The van der Waals surface area contributed by atoms with Crippen LogP contribution in [0.15, 0.2) is 48.5 Å². The molecule has 8 heteroatoms. The van der Waals surface area contributed by atoms with Gasteiger partial charge < -0.3 is 15.1 Å². The zero-order valence-electron chi connectivity index (χ0n) is 19.6. The van der Waals surface area contributed by atoms with Gasteiger partial charge >= 0.3 is 6.03 Å². The highest BCUT2D eigenvalue weighted by Crippen LogP contribution is 2.26. The van der Waals surface area contributed by atoms with Crippen molar-refractivity contribution >= 4 is 29.8 Å². The summed E-state index contributed by atoms with van der Waals surface area (Å²) in [6.07, 6.45) is 6.82. The number of carbonyl (C=O) groups is 1. The molecule has 4 rings (SSSR count). The Kier molecular flexibility index (Phi) is 9.96. The minimum atomic E-state index is -0.275. The van der Waals surface area contributed by atoms with Gasteiger partial charge in [0.05, 0.1) is 0 Å². The van der Waals surface area contributed by atoms with E-state index in [1.165, 1.54) is 43.5 Å². The van der Waals surface area contributed by atoms with Crippen molar-refractivity contribution in [1.82, 2.24) is 15.1 Å². The molecule has 2 aromatic rings. The fourth-order valence-electron chi connectivity index (χ4n) is 4.79. The van der Waals surface area contributed by atoms with Crippen LogP contribution in [0.5, 0.6) is 0 Å². The lowest BCUT2D eigenvalue weighted by Gasteiger charge is -2.36. The summed E-state index contributed by atoms with van der Waals surface area (Å²) in [4.78, 5) is 19.0. The first-order valence-corrected chi connectivity index (χ1v) is 12.1. The number of benzene rings is 2. The average molecular weight is 493 g/mol. The van der Waals surface area contributed by atoms with Crippen molar-refractivity contribution in [2.45, 2.75) is 44.6 Å². The molecule has 0 bridgehead atoms. The molecule has 2 fully saturated rings. The first-order chi connectivity index (χ1) is 16.1. The van der Waals surface area contributed by atoms with Gasteiger partial charge in [-0.3, -0.25) is 4.90 Å². The SMILES string of the molecule is Cl.O=C(NC1CCCCC1)N1CCN(CCCN(c2ccc(F)cc2)c2ccc(F)cc2)CC1. The van der Waals surface area contributed by atoms with Gasteiger partial charge in [0.2, 0.25) is 0 Å². The molecule has 1 N–H and O–H groups in total. The normalized spacial score (nSPS) is 17.2. The molecule has 2 amide bonds. The van der Waals surface area contributed by atoms with Crippen LogP contribution in [-0.2, 0) is 0 Å². The van der Waals surface area contributed by atoms with Crippen molar-refractivity contribution < 1.29 is 13.6 Å². The van der Waals surface area contributed by atoms with Crippen molar-refractivity contribution in [3.05, 3.63) is 60.2 Å². The van der Waals surface area contributed by atoms with Gasteiger partial charge in [0.15, 0.2) is 0 Å². The van der Waals surface area contributed by atoms with E-state index in [1.807, 2.05) is 4.90 Å². The van der Waals surface area contributed by atoms with Crippen molar-refractivity contribution in [3.8, 4) is 0 Å². The van der Waals surface area contributed by atoms with E-state index in [2.05, 4.69) is 15.1 Å². The van der Waals surface area contributed by atoms with Crippen LogP contribution >= 0.6 is 12.4 Å². The van der Waals surface area contributed by atoms with E-state index in [9.17, 15) is 13.6 Å². The maximum atomic E-state index is 13.4. The number of halogens is 3. The molecule has 0 spiro atoms. The maximum absolute atomic E-state index is 13.4. The topological polar surface area (TPSA) is 38.8 Å². The molecule has 1 aliphatic heterocycles. The smallest absolute Gasteiger partial charge is 0.317 e. The van der Waals surface area contributed by atoms with Gasteiger partial charge in [0, 0.05) is 50.1 Å². The summed E-state index contributed by atoms with van der Waals surface area (Å²) in [7, 11) is 0. The van der Waals surface area contributed by atoms with Crippen LogP contribution < -0.4 is 10.2 Å². The number of rotatable bonds is 7. The summed E-state index contributed by atoms with van der Waals surface area (Å²) < 4.78 is 26.8. The monoisotopic (exact) mass is 492 g/mol. The fourth-order valence-corrected chi connectivity index (χ4v) is 4.79. The Balaban J connectivity index is 0.00000324. The molecule has 0 aromatic heterocycles. The predicted molar refractivity (Wildman–Crippen MR) is 135 cm³/mol. The Hall–Kier alpha value is -2.38. The van der Waals surface area contributed by atoms with Gasteiger partial charge in [0.25, 0.3) is 0 Å². The third kappa shape index (κ3) is 7.31. The van der Waals surface area contributed by atoms with E-state index >= 15 is 0 Å². The molecule has 186 valence electrons. The minimum absolute atomic E-state index is 0. The Morgan fingerprint density at radius 2 is 1.38 bits per heavy atom. The number of piperazine rings is 1. The summed E-state index contributed by atoms with van der Waals surface area (Å²) in [6, 6.07) is 13.2. The fraction of sp³-hybridized carbons (Fsp3) is 0.500. The average Bonchev–Trinajstić information content (AvgIpc) is 2.84. The molecule has 2 aromatic carbocycles. The van der Waals surface area contributed by atoms with Crippen LogP contribution in [0.3, 0.4) is 0 Å². The van der Waals surface area contributed by atoms with Gasteiger partial charge in [-0.2, -0.15) is 0 Å². The molecule has 1 saturated carbocycles. The number of nitrogens with zero attached hydrogens (tertiary/aromatic N) is 3. The summed E-state index contributed by atoms with van der Waals surface area (Å²) in [5.41, 5.74) is 1.76. The third-order valence-electron chi connectivity index (χ3n) is 6.72. The number of carbonyl (C=O) groups excluding carboxylic acids is 1. The molecule has 1 aliphatic carbocycles. The molecule has 5 nitrogen and oxygen atoms in total. The molecular formula is C26H35ClF2N4O. The van der Waals surface area contributed by atoms with Crippen LogP contribution in [0.2, 0.25) is 0 Å². The summed E-state index contributed by atoms with van der Waals surface area (Å²) >= 11 is 0. The first-order valence-electron chi connectivity index (χ1n) is 12.1. The summed E-state index contributed by atoms with van der Waals surface area (Å²) in [5.74, 6) is -0.550. The van der Waals surface area contributed by atoms with Crippen LogP contribution in [0, 0.1) is 11.6 Å². The van der Waals surface area contributed by atoms with Crippen molar-refractivity contribution in [3.63, 3.8) is 0 Å². The lowest BCUT2D eigenvalue weighted by Crippen LogP contribution is -2.53. The summed E-state index contributed by atoms with van der Waals surface area (Å²) in [5, 5.41) is 3.21. The van der Waals surface area contributed by atoms with Crippen LogP contribution in [0.25, 0.3) is 0 Å². The zero-order valence-corrected chi connectivity index (χ0v) is 20.4. The second-order valence-corrected chi connectivity index (χ2v) is 9.07. The van der Waals surface area contributed by atoms with E-state index in [4.69, 9.17) is 0 Å². The van der Waals surface area contributed by atoms with Gasteiger partial charge in [0.1, 0.15) is 11.6 Å². The van der Waals surface area contributed by atoms with Gasteiger partial charge in [-0.25, -0.2) is 13.6 Å². The second kappa shape index (κ2) is 12.9. The zero-order chi connectivity index (χ0) is 23.0. The molecule has 0 unspecified atom stereocenters. The number of hydrogen-bond donors (Lipinski definition) is 1. The van der Waals surface area contributed by atoms with Crippen molar-refractivity contribution in [2.75, 3.05) is 44.2 Å². The Morgan fingerprint density at radius 3 is 1.91 bits per heavy atom. The molecule has 0 atom stereocenters. The maximum Gasteiger partial charge on any atom is 0.317 e.